The van der Waals surface area contributed by atoms with Gasteiger partial charge in [-0.05, 0) is 36.9 Å². The summed E-state index contributed by atoms with van der Waals surface area (Å²) in [7, 11) is 0. The van der Waals surface area contributed by atoms with Crippen LogP contribution in [0.1, 0.15) is 12.8 Å². The lowest BCUT2D eigenvalue weighted by molar-refractivity contribution is -0.165. The first-order chi connectivity index (χ1) is 13.4. The number of benzene rings is 1. The number of alkyl halides is 3. The molecule has 2 saturated heterocycles. The third-order valence-corrected chi connectivity index (χ3v) is 6.56. The second kappa shape index (κ2) is 6.77. The standard InChI is InChI=1S/C18H20F4N4OS/c19-11-5-13(16-14(6-11)28-24-17(23-16)10-1-2-10)26-4-3-25(12-8-27-9-12)7-15(26)18(20,21)22/h5-6,10,12,15H,1-4,7-9H2,(H,23,24)/t15-/m0/s1. The number of aliphatic imine (C=N–C) groups is 1. The summed E-state index contributed by atoms with van der Waals surface area (Å²) in [5, 5.41) is 0. The highest BCUT2D eigenvalue weighted by Crippen LogP contribution is 2.46. The fourth-order valence-corrected chi connectivity index (χ4v) is 4.73. The van der Waals surface area contributed by atoms with E-state index in [2.05, 4.69) is 9.71 Å². The van der Waals surface area contributed by atoms with Gasteiger partial charge in [0.25, 0.3) is 0 Å². The Morgan fingerprint density at radius 1 is 1.18 bits per heavy atom. The van der Waals surface area contributed by atoms with Gasteiger partial charge in [-0.15, -0.1) is 0 Å². The van der Waals surface area contributed by atoms with Gasteiger partial charge in [-0.2, -0.15) is 13.2 Å². The molecule has 1 saturated carbocycles. The lowest BCUT2D eigenvalue weighted by Gasteiger charge is -2.48. The molecule has 3 fully saturated rings. The van der Waals surface area contributed by atoms with Crippen LogP contribution in [0.15, 0.2) is 22.0 Å². The van der Waals surface area contributed by atoms with E-state index in [1.165, 1.54) is 29.0 Å². The second-order valence-electron chi connectivity index (χ2n) is 7.68. The Hall–Kier alpha value is -1.52. The van der Waals surface area contributed by atoms with Gasteiger partial charge >= 0.3 is 6.18 Å². The normalized spacial score (nSPS) is 26.4. The summed E-state index contributed by atoms with van der Waals surface area (Å²) < 4.78 is 64.3. The number of fused-ring (bicyclic) bond motifs is 1. The van der Waals surface area contributed by atoms with Gasteiger partial charge in [0.05, 0.1) is 29.8 Å². The van der Waals surface area contributed by atoms with E-state index in [1.807, 2.05) is 4.90 Å². The number of rotatable bonds is 3. The average molecular weight is 416 g/mol. The summed E-state index contributed by atoms with van der Waals surface area (Å²) in [6.07, 6.45) is -2.39. The number of piperazine rings is 1. The van der Waals surface area contributed by atoms with Crippen molar-refractivity contribution in [3.8, 4) is 0 Å². The van der Waals surface area contributed by atoms with Crippen molar-refractivity contribution in [3.05, 3.63) is 17.9 Å². The number of anilines is 1. The largest absolute Gasteiger partial charge is 0.409 e. The number of nitrogens with one attached hydrogen (secondary N) is 1. The number of ether oxygens (including phenoxy) is 1. The molecule has 0 aromatic heterocycles. The highest BCUT2D eigenvalue weighted by Gasteiger charge is 2.49. The fraction of sp³-hybridized carbons (Fsp3) is 0.611. The Morgan fingerprint density at radius 2 is 1.96 bits per heavy atom. The van der Waals surface area contributed by atoms with Crippen molar-refractivity contribution in [2.24, 2.45) is 10.9 Å². The zero-order valence-corrected chi connectivity index (χ0v) is 15.8. The number of amidine groups is 1. The highest BCUT2D eigenvalue weighted by atomic mass is 32.2. The van der Waals surface area contributed by atoms with Crippen LogP contribution in [0, 0.1) is 11.7 Å². The molecule has 0 radical (unpaired) electrons. The first kappa shape index (κ1) is 18.5. The van der Waals surface area contributed by atoms with E-state index in [-0.39, 0.29) is 24.8 Å². The van der Waals surface area contributed by atoms with E-state index in [0.29, 0.717) is 36.3 Å². The zero-order chi connectivity index (χ0) is 19.5. The molecule has 3 heterocycles. The zero-order valence-electron chi connectivity index (χ0n) is 15.0. The third kappa shape index (κ3) is 3.35. The first-order valence-corrected chi connectivity index (χ1v) is 10.2. The Kier molecular flexibility index (Phi) is 4.48. The van der Waals surface area contributed by atoms with Crippen molar-refractivity contribution >= 4 is 29.2 Å². The number of hydrogen-bond donors (Lipinski definition) is 1. The van der Waals surface area contributed by atoms with Crippen LogP contribution in [-0.4, -0.2) is 61.8 Å². The molecular weight excluding hydrogens is 396 g/mol. The van der Waals surface area contributed by atoms with Crippen LogP contribution in [0.25, 0.3) is 0 Å². The molecule has 5 rings (SSSR count). The lowest BCUT2D eigenvalue weighted by atomic mass is 10.1. The van der Waals surface area contributed by atoms with Gasteiger partial charge in [0.1, 0.15) is 23.4 Å². The van der Waals surface area contributed by atoms with Gasteiger partial charge < -0.3 is 14.4 Å². The van der Waals surface area contributed by atoms with E-state index in [1.54, 1.807) is 0 Å². The van der Waals surface area contributed by atoms with Gasteiger partial charge in [0.2, 0.25) is 0 Å². The molecular formula is C18H20F4N4OS. The van der Waals surface area contributed by atoms with E-state index in [0.717, 1.165) is 18.7 Å². The molecule has 1 aromatic rings. The molecule has 152 valence electrons. The number of halogens is 4. The van der Waals surface area contributed by atoms with Gasteiger partial charge in [-0.25, -0.2) is 9.38 Å². The minimum atomic E-state index is -4.43. The molecule has 10 heteroatoms. The van der Waals surface area contributed by atoms with Crippen molar-refractivity contribution in [1.82, 2.24) is 9.62 Å². The number of hydrogen-bond acceptors (Lipinski definition) is 6. The lowest BCUT2D eigenvalue weighted by Crippen LogP contribution is -2.64. The minimum absolute atomic E-state index is 0.0349. The van der Waals surface area contributed by atoms with Gasteiger partial charge in [0.15, 0.2) is 0 Å². The molecule has 1 atom stereocenters. The van der Waals surface area contributed by atoms with Crippen molar-refractivity contribution < 1.29 is 22.3 Å². The maximum absolute atomic E-state index is 14.2. The Morgan fingerprint density at radius 3 is 2.61 bits per heavy atom. The predicted octanol–water partition coefficient (Wildman–Crippen LogP) is 3.33. The van der Waals surface area contributed by atoms with Crippen molar-refractivity contribution in [1.29, 1.82) is 0 Å². The fourth-order valence-electron chi connectivity index (χ4n) is 3.89. The van der Waals surface area contributed by atoms with Crippen LogP contribution < -0.4 is 9.62 Å². The molecule has 5 nitrogen and oxygen atoms in total. The van der Waals surface area contributed by atoms with Gasteiger partial charge in [-0.3, -0.25) is 4.90 Å². The summed E-state index contributed by atoms with van der Waals surface area (Å²) in [4.78, 5) is 8.24. The first-order valence-electron chi connectivity index (χ1n) is 9.40. The number of nitrogens with zero attached hydrogens (tertiary/aromatic N) is 3. The maximum Gasteiger partial charge on any atom is 0.409 e. The predicted molar refractivity (Wildman–Crippen MR) is 98.6 cm³/mol. The van der Waals surface area contributed by atoms with E-state index >= 15 is 0 Å². The Labute approximate surface area is 164 Å². The van der Waals surface area contributed by atoms with Crippen LogP contribution in [0.2, 0.25) is 0 Å². The topological polar surface area (TPSA) is 40.1 Å². The van der Waals surface area contributed by atoms with Crippen molar-refractivity contribution in [2.75, 3.05) is 37.7 Å². The second-order valence-corrected chi connectivity index (χ2v) is 8.53. The molecule has 3 aliphatic heterocycles. The van der Waals surface area contributed by atoms with Gasteiger partial charge in [0, 0.05) is 25.6 Å². The molecule has 1 aromatic carbocycles. The average Bonchev–Trinajstić information content (AvgIpc) is 3.43. The van der Waals surface area contributed by atoms with Crippen molar-refractivity contribution in [3.63, 3.8) is 0 Å². The van der Waals surface area contributed by atoms with Crippen LogP contribution >= 0.6 is 11.9 Å². The third-order valence-electron chi connectivity index (χ3n) is 5.72. The van der Waals surface area contributed by atoms with E-state index < -0.39 is 18.0 Å². The maximum atomic E-state index is 14.2. The Balaban J connectivity index is 1.51. The molecule has 0 bridgehead atoms. The molecule has 4 aliphatic rings. The Bertz CT molecular complexity index is 810. The smallest absolute Gasteiger partial charge is 0.378 e. The summed E-state index contributed by atoms with van der Waals surface area (Å²) in [6.45, 7) is 1.45. The summed E-state index contributed by atoms with van der Waals surface area (Å²) in [6, 6.07) is 0.855. The van der Waals surface area contributed by atoms with Crippen molar-refractivity contribution in [2.45, 2.75) is 36.0 Å². The quantitative estimate of drug-likeness (QED) is 0.605. The molecule has 0 amide bonds. The van der Waals surface area contributed by atoms with E-state index in [4.69, 9.17) is 4.74 Å². The minimum Gasteiger partial charge on any atom is -0.378 e. The monoisotopic (exact) mass is 416 g/mol. The van der Waals surface area contributed by atoms with Crippen LogP contribution in [0.3, 0.4) is 0 Å². The highest BCUT2D eigenvalue weighted by molar-refractivity contribution is 7.98. The molecule has 1 aliphatic carbocycles. The van der Waals surface area contributed by atoms with E-state index in [9.17, 15) is 17.6 Å². The molecule has 28 heavy (non-hydrogen) atoms. The van der Waals surface area contributed by atoms with Crippen LogP contribution in [-0.2, 0) is 4.74 Å². The van der Waals surface area contributed by atoms with Crippen LogP contribution in [0.4, 0.5) is 28.9 Å². The molecule has 0 unspecified atom stereocenters. The summed E-state index contributed by atoms with van der Waals surface area (Å²) in [5.41, 5.74) is 0.677. The summed E-state index contributed by atoms with van der Waals surface area (Å²) in [5.74, 6) is 0.551. The van der Waals surface area contributed by atoms with Gasteiger partial charge in [-0.1, -0.05) is 0 Å². The molecule has 1 N–H and O–H groups in total. The SMILES string of the molecule is Fc1cc2c(c(N3CCN(C4COC4)C[C@H]3C(F)(F)F)c1)N=C(C1CC1)NS2. The molecule has 0 spiro atoms. The van der Waals surface area contributed by atoms with Crippen LogP contribution in [0.5, 0.6) is 0 Å². The summed E-state index contributed by atoms with van der Waals surface area (Å²) >= 11 is 1.23.